The fourth-order valence-electron chi connectivity index (χ4n) is 1.91. The average molecular weight is 216 g/mol. The molecule has 1 aromatic heterocycles. The molecule has 0 unspecified atom stereocenters. The molecule has 1 aliphatic rings. The van der Waals surface area contributed by atoms with Gasteiger partial charge in [-0.25, -0.2) is 0 Å². The van der Waals surface area contributed by atoms with Gasteiger partial charge in [0.1, 0.15) is 0 Å². The molecule has 2 aromatic rings. The first kappa shape index (κ1) is 9.42. The minimum atomic E-state index is 0.412. The van der Waals surface area contributed by atoms with Gasteiger partial charge in [0, 0.05) is 17.5 Å². The Morgan fingerprint density at radius 3 is 2.69 bits per heavy atom. The largest absolute Gasteiger partial charge is 0.381 e. The van der Waals surface area contributed by atoms with E-state index in [1.54, 1.807) is 6.07 Å². The summed E-state index contributed by atoms with van der Waals surface area (Å²) in [5, 5.41) is 3.71. The number of benzene rings is 1. The van der Waals surface area contributed by atoms with E-state index >= 15 is 0 Å². The Bertz CT molecular complexity index is 503. The highest BCUT2D eigenvalue weighted by molar-refractivity contribution is 5.65. The van der Waals surface area contributed by atoms with Gasteiger partial charge in [-0.2, -0.15) is 0 Å². The van der Waals surface area contributed by atoms with Crippen LogP contribution in [0, 0.1) is 0 Å². The summed E-state index contributed by atoms with van der Waals surface area (Å²) in [6, 6.07) is 9.88. The summed E-state index contributed by atoms with van der Waals surface area (Å²) in [6.45, 7) is 1.56. The minimum Gasteiger partial charge on any atom is -0.381 e. The zero-order valence-electron chi connectivity index (χ0n) is 8.72. The van der Waals surface area contributed by atoms with Crippen LogP contribution in [0.2, 0.25) is 0 Å². The van der Waals surface area contributed by atoms with Crippen LogP contribution in [0.3, 0.4) is 0 Å². The summed E-state index contributed by atoms with van der Waals surface area (Å²) in [5.41, 5.74) is 7.86. The second-order valence-corrected chi connectivity index (χ2v) is 3.94. The molecule has 82 valence electrons. The minimum absolute atomic E-state index is 0.412. The molecule has 0 amide bonds. The van der Waals surface area contributed by atoms with E-state index in [0.717, 1.165) is 24.5 Å². The number of rotatable bonds is 2. The van der Waals surface area contributed by atoms with Crippen molar-refractivity contribution in [3.63, 3.8) is 0 Å². The average Bonchev–Trinajstić information content (AvgIpc) is 2.63. The molecule has 1 saturated heterocycles. The van der Waals surface area contributed by atoms with Gasteiger partial charge in [0.25, 0.3) is 0 Å². The standard InChI is InChI=1S/C12H12N2O2/c13-12-5-11(16-14-12)10-4-2-1-3-9(10)8-6-15-7-8/h1-5,8H,6-7H2,(H2,13,14). The van der Waals surface area contributed by atoms with Crippen LogP contribution in [0.25, 0.3) is 11.3 Å². The molecule has 2 heterocycles. The molecule has 0 bridgehead atoms. The third-order valence-corrected chi connectivity index (χ3v) is 2.83. The monoisotopic (exact) mass is 216 g/mol. The zero-order chi connectivity index (χ0) is 11.0. The lowest BCUT2D eigenvalue weighted by Gasteiger charge is -2.27. The number of nitrogen functional groups attached to an aromatic ring is 1. The third-order valence-electron chi connectivity index (χ3n) is 2.83. The number of hydrogen-bond acceptors (Lipinski definition) is 4. The Kier molecular flexibility index (Phi) is 2.15. The van der Waals surface area contributed by atoms with Crippen molar-refractivity contribution in [3.8, 4) is 11.3 Å². The second-order valence-electron chi connectivity index (χ2n) is 3.94. The molecular weight excluding hydrogens is 204 g/mol. The molecule has 1 aromatic carbocycles. The Labute approximate surface area is 93.0 Å². The van der Waals surface area contributed by atoms with Crippen molar-refractivity contribution in [2.75, 3.05) is 18.9 Å². The van der Waals surface area contributed by atoms with Gasteiger partial charge in [-0.05, 0) is 5.56 Å². The van der Waals surface area contributed by atoms with Gasteiger partial charge < -0.3 is 15.0 Å². The molecule has 0 atom stereocenters. The number of ether oxygens (including phenoxy) is 1. The zero-order valence-corrected chi connectivity index (χ0v) is 8.72. The summed E-state index contributed by atoms with van der Waals surface area (Å²) >= 11 is 0. The Morgan fingerprint density at radius 1 is 1.25 bits per heavy atom. The molecule has 4 nitrogen and oxygen atoms in total. The highest BCUT2D eigenvalue weighted by Gasteiger charge is 2.24. The Morgan fingerprint density at radius 2 is 2.06 bits per heavy atom. The van der Waals surface area contributed by atoms with Crippen LogP contribution in [0.1, 0.15) is 11.5 Å². The van der Waals surface area contributed by atoms with Gasteiger partial charge in [0.2, 0.25) is 0 Å². The molecule has 0 spiro atoms. The predicted octanol–water partition coefficient (Wildman–Crippen LogP) is 2.04. The first-order chi connectivity index (χ1) is 7.84. The second kappa shape index (κ2) is 3.64. The lowest BCUT2D eigenvalue weighted by atomic mass is 9.92. The molecule has 2 N–H and O–H groups in total. The maximum atomic E-state index is 5.56. The van der Waals surface area contributed by atoms with E-state index in [1.807, 2.05) is 18.2 Å². The van der Waals surface area contributed by atoms with Crippen molar-refractivity contribution < 1.29 is 9.26 Å². The molecule has 0 saturated carbocycles. The van der Waals surface area contributed by atoms with E-state index in [4.69, 9.17) is 15.0 Å². The topological polar surface area (TPSA) is 61.3 Å². The predicted molar refractivity (Wildman–Crippen MR) is 59.9 cm³/mol. The van der Waals surface area contributed by atoms with E-state index in [1.165, 1.54) is 5.56 Å². The molecule has 1 aliphatic heterocycles. The fraction of sp³-hybridized carbons (Fsp3) is 0.250. The highest BCUT2D eigenvalue weighted by Crippen LogP contribution is 2.33. The van der Waals surface area contributed by atoms with Crippen LogP contribution in [-0.4, -0.2) is 18.4 Å². The van der Waals surface area contributed by atoms with Crippen LogP contribution >= 0.6 is 0 Å². The first-order valence-electron chi connectivity index (χ1n) is 5.24. The lowest BCUT2D eigenvalue weighted by Crippen LogP contribution is -2.25. The number of hydrogen-bond donors (Lipinski definition) is 1. The van der Waals surface area contributed by atoms with Crippen molar-refractivity contribution in [2.24, 2.45) is 0 Å². The van der Waals surface area contributed by atoms with E-state index in [2.05, 4.69) is 11.2 Å². The van der Waals surface area contributed by atoms with E-state index in [9.17, 15) is 0 Å². The van der Waals surface area contributed by atoms with Gasteiger partial charge in [-0.3, -0.25) is 0 Å². The maximum absolute atomic E-state index is 5.56. The van der Waals surface area contributed by atoms with Crippen LogP contribution in [-0.2, 0) is 4.74 Å². The van der Waals surface area contributed by atoms with Crippen molar-refractivity contribution in [2.45, 2.75) is 5.92 Å². The molecule has 0 radical (unpaired) electrons. The van der Waals surface area contributed by atoms with Crippen molar-refractivity contribution >= 4 is 5.82 Å². The SMILES string of the molecule is Nc1cc(-c2ccccc2C2COC2)on1. The number of nitrogens with zero attached hydrogens (tertiary/aromatic N) is 1. The van der Waals surface area contributed by atoms with Crippen LogP contribution in [0.15, 0.2) is 34.9 Å². The molecule has 1 fully saturated rings. The summed E-state index contributed by atoms with van der Waals surface area (Å²) < 4.78 is 10.4. The molecule has 4 heteroatoms. The van der Waals surface area contributed by atoms with E-state index in [0.29, 0.717) is 11.7 Å². The van der Waals surface area contributed by atoms with Crippen LogP contribution < -0.4 is 5.73 Å². The van der Waals surface area contributed by atoms with Crippen molar-refractivity contribution in [1.29, 1.82) is 0 Å². The summed E-state index contributed by atoms with van der Waals surface area (Å²) in [6.07, 6.45) is 0. The molecule has 16 heavy (non-hydrogen) atoms. The van der Waals surface area contributed by atoms with Crippen molar-refractivity contribution in [3.05, 3.63) is 35.9 Å². The summed E-state index contributed by atoms with van der Waals surface area (Å²) in [4.78, 5) is 0. The number of anilines is 1. The maximum Gasteiger partial charge on any atom is 0.169 e. The Hall–Kier alpha value is -1.81. The number of aromatic nitrogens is 1. The summed E-state index contributed by atoms with van der Waals surface area (Å²) in [7, 11) is 0. The van der Waals surface area contributed by atoms with Crippen LogP contribution in [0.5, 0.6) is 0 Å². The van der Waals surface area contributed by atoms with Gasteiger partial charge in [0.05, 0.1) is 13.2 Å². The quantitative estimate of drug-likeness (QED) is 0.834. The highest BCUT2D eigenvalue weighted by atomic mass is 16.5. The van der Waals surface area contributed by atoms with Gasteiger partial charge >= 0.3 is 0 Å². The first-order valence-corrected chi connectivity index (χ1v) is 5.24. The van der Waals surface area contributed by atoms with Gasteiger partial charge in [0.15, 0.2) is 11.6 Å². The van der Waals surface area contributed by atoms with E-state index in [-0.39, 0.29) is 0 Å². The molecule has 0 aliphatic carbocycles. The van der Waals surface area contributed by atoms with E-state index < -0.39 is 0 Å². The smallest absolute Gasteiger partial charge is 0.169 e. The molecular formula is C12H12N2O2. The van der Waals surface area contributed by atoms with Gasteiger partial charge in [-0.1, -0.05) is 29.4 Å². The normalized spacial score (nSPS) is 16.0. The Balaban J connectivity index is 2.05. The van der Waals surface area contributed by atoms with Crippen molar-refractivity contribution in [1.82, 2.24) is 5.16 Å². The summed E-state index contributed by atoms with van der Waals surface area (Å²) in [5.74, 6) is 1.59. The van der Waals surface area contributed by atoms with Crippen LogP contribution in [0.4, 0.5) is 5.82 Å². The molecule has 3 rings (SSSR count). The number of nitrogens with two attached hydrogens (primary N) is 1. The lowest BCUT2D eigenvalue weighted by molar-refractivity contribution is 0.00859. The fourth-order valence-corrected chi connectivity index (χ4v) is 1.91. The third kappa shape index (κ3) is 1.47. The van der Waals surface area contributed by atoms with Gasteiger partial charge in [-0.15, -0.1) is 0 Å².